The van der Waals surface area contributed by atoms with E-state index in [2.05, 4.69) is 38.1 Å². The van der Waals surface area contributed by atoms with Gasteiger partial charge in [0.15, 0.2) is 0 Å². The number of nitrogens with zero attached hydrogens (tertiary/aromatic N) is 3. The Hall–Kier alpha value is -1.88. The van der Waals surface area contributed by atoms with Crippen LogP contribution in [0.3, 0.4) is 0 Å². The van der Waals surface area contributed by atoms with Crippen molar-refractivity contribution in [2.75, 3.05) is 5.32 Å². The van der Waals surface area contributed by atoms with E-state index in [1.807, 2.05) is 19.4 Å². The smallest absolute Gasteiger partial charge is 0.0951 e. The molecule has 2 aromatic heterocycles. The summed E-state index contributed by atoms with van der Waals surface area (Å²) in [5.74, 6) is 0. The Bertz CT molecular complexity index is 754. The maximum absolute atomic E-state index is 4.49. The van der Waals surface area contributed by atoms with Gasteiger partial charge >= 0.3 is 0 Å². The highest BCUT2D eigenvalue weighted by Gasteiger charge is 2.24. The van der Waals surface area contributed by atoms with Crippen molar-refractivity contribution in [3.05, 3.63) is 41.4 Å². The van der Waals surface area contributed by atoms with Crippen LogP contribution in [0.15, 0.2) is 30.7 Å². The topological polar surface area (TPSA) is 42.7 Å². The van der Waals surface area contributed by atoms with Crippen LogP contribution in [0.5, 0.6) is 0 Å². The average Bonchev–Trinajstić information content (AvgIpc) is 3.05. The van der Waals surface area contributed by atoms with Crippen molar-refractivity contribution in [1.82, 2.24) is 14.5 Å². The molecule has 0 bridgehead atoms. The molecule has 0 amide bonds. The van der Waals surface area contributed by atoms with E-state index in [4.69, 9.17) is 0 Å². The SMILES string of the molecule is Cc1nc2ccc(NCc3cncn3C3CC3)cc2s1. The number of rotatable bonds is 4. The first kappa shape index (κ1) is 11.9. The van der Waals surface area contributed by atoms with E-state index >= 15 is 0 Å². The molecule has 0 atom stereocenters. The molecule has 0 aliphatic heterocycles. The number of imidazole rings is 1. The second-order valence-corrected chi connectivity index (χ2v) is 6.53. The van der Waals surface area contributed by atoms with Gasteiger partial charge in [-0.1, -0.05) is 0 Å². The molecule has 102 valence electrons. The first-order valence-electron chi connectivity index (χ1n) is 6.91. The Balaban J connectivity index is 1.53. The lowest BCUT2D eigenvalue weighted by Gasteiger charge is -2.09. The molecule has 0 radical (unpaired) electrons. The summed E-state index contributed by atoms with van der Waals surface area (Å²) in [6.45, 7) is 2.87. The molecule has 0 unspecified atom stereocenters. The van der Waals surface area contributed by atoms with Gasteiger partial charge in [-0.3, -0.25) is 0 Å². The number of hydrogen-bond donors (Lipinski definition) is 1. The highest BCUT2D eigenvalue weighted by Crippen LogP contribution is 2.35. The Morgan fingerprint density at radius 2 is 2.30 bits per heavy atom. The second-order valence-electron chi connectivity index (χ2n) is 5.29. The third-order valence-corrected chi connectivity index (χ3v) is 4.59. The first-order chi connectivity index (χ1) is 9.79. The minimum atomic E-state index is 0.681. The Morgan fingerprint density at radius 1 is 1.40 bits per heavy atom. The summed E-state index contributed by atoms with van der Waals surface area (Å²) in [5, 5.41) is 4.60. The highest BCUT2D eigenvalue weighted by molar-refractivity contribution is 7.18. The van der Waals surface area contributed by atoms with E-state index in [1.165, 1.54) is 23.2 Å². The fourth-order valence-corrected chi connectivity index (χ4v) is 3.36. The van der Waals surface area contributed by atoms with Crippen LogP contribution in [-0.2, 0) is 6.54 Å². The van der Waals surface area contributed by atoms with Crippen LogP contribution in [0.2, 0.25) is 0 Å². The maximum atomic E-state index is 4.49. The standard InChI is InChI=1S/C15H16N4S/c1-10-18-14-5-2-11(6-15(14)20-10)17-8-13-7-16-9-19(13)12-3-4-12/h2,5-7,9,12,17H,3-4,8H2,1H3. The van der Waals surface area contributed by atoms with E-state index in [-0.39, 0.29) is 0 Å². The van der Waals surface area contributed by atoms with Crippen molar-refractivity contribution >= 4 is 27.2 Å². The van der Waals surface area contributed by atoms with Crippen LogP contribution in [0.25, 0.3) is 10.2 Å². The zero-order valence-corrected chi connectivity index (χ0v) is 12.2. The molecule has 0 saturated heterocycles. The molecule has 1 aliphatic carbocycles. The molecule has 5 heteroatoms. The molecule has 1 fully saturated rings. The predicted octanol–water partition coefficient (Wildman–Crippen LogP) is 3.75. The summed E-state index contributed by atoms with van der Waals surface area (Å²) in [5.41, 5.74) is 3.49. The number of fused-ring (bicyclic) bond motifs is 1. The number of benzene rings is 1. The fraction of sp³-hybridized carbons (Fsp3) is 0.333. The number of anilines is 1. The van der Waals surface area contributed by atoms with Crippen molar-refractivity contribution in [3.8, 4) is 0 Å². The molecule has 1 aromatic carbocycles. The van der Waals surface area contributed by atoms with Crippen molar-refractivity contribution in [3.63, 3.8) is 0 Å². The van der Waals surface area contributed by atoms with Crippen molar-refractivity contribution in [1.29, 1.82) is 0 Å². The number of nitrogens with one attached hydrogen (secondary N) is 1. The second kappa shape index (κ2) is 4.59. The molecular formula is C15H16N4S. The van der Waals surface area contributed by atoms with Crippen molar-refractivity contribution in [2.24, 2.45) is 0 Å². The van der Waals surface area contributed by atoms with E-state index < -0.39 is 0 Å². The van der Waals surface area contributed by atoms with Crippen LogP contribution in [-0.4, -0.2) is 14.5 Å². The minimum absolute atomic E-state index is 0.681. The number of hydrogen-bond acceptors (Lipinski definition) is 4. The Labute approximate surface area is 121 Å². The Morgan fingerprint density at radius 3 is 3.15 bits per heavy atom. The van der Waals surface area contributed by atoms with Crippen LogP contribution < -0.4 is 5.32 Å². The van der Waals surface area contributed by atoms with E-state index in [0.717, 1.165) is 22.8 Å². The fourth-order valence-electron chi connectivity index (χ4n) is 2.49. The number of thiazole rings is 1. The summed E-state index contributed by atoms with van der Waals surface area (Å²) < 4.78 is 3.53. The van der Waals surface area contributed by atoms with Crippen LogP contribution in [0, 0.1) is 6.92 Å². The zero-order chi connectivity index (χ0) is 13.5. The third-order valence-electron chi connectivity index (χ3n) is 3.66. The summed E-state index contributed by atoms with van der Waals surface area (Å²) in [7, 11) is 0. The molecule has 0 spiro atoms. The van der Waals surface area contributed by atoms with Gasteiger partial charge in [-0.15, -0.1) is 11.3 Å². The molecule has 20 heavy (non-hydrogen) atoms. The quantitative estimate of drug-likeness (QED) is 0.793. The largest absolute Gasteiger partial charge is 0.379 e. The van der Waals surface area contributed by atoms with Gasteiger partial charge < -0.3 is 9.88 Å². The summed E-state index contributed by atoms with van der Waals surface area (Å²) >= 11 is 1.74. The summed E-state index contributed by atoms with van der Waals surface area (Å²) in [4.78, 5) is 8.75. The molecule has 2 heterocycles. The van der Waals surface area contributed by atoms with Gasteiger partial charge in [0, 0.05) is 17.9 Å². The third kappa shape index (κ3) is 2.18. The average molecular weight is 284 g/mol. The van der Waals surface area contributed by atoms with Crippen molar-refractivity contribution in [2.45, 2.75) is 32.4 Å². The Kier molecular flexibility index (Phi) is 2.73. The van der Waals surface area contributed by atoms with Crippen LogP contribution >= 0.6 is 11.3 Å². The zero-order valence-electron chi connectivity index (χ0n) is 11.3. The van der Waals surface area contributed by atoms with Crippen LogP contribution in [0.4, 0.5) is 5.69 Å². The summed E-state index contributed by atoms with van der Waals surface area (Å²) in [6, 6.07) is 7.04. The van der Waals surface area contributed by atoms with Gasteiger partial charge in [-0.25, -0.2) is 9.97 Å². The lowest BCUT2D eigenvalue weighted by Crippen LogP contribution is -2.05. The lowest BCUT2D eigenvalue weighted by molar-refractivity contribution is 0.701. The van der Waals surface area contributed by atoms with Crippen molar-refractivity contribution < 1.29 is 0 Å². The normalized spacial score (nSPS) is 14.8. The van der Waals surface area contributed by atoms with Gasteiger partial charge in [-0.2, -0.15) is 0 Å². The molecule has 1 N–H and O–H groups in total. The first-order valence-corrected chi connectivity index (χ1v) is 7.73. The number of aryl methyl sites for hydroxylation is 1. The van der Waals surface area contributed by atoms with Gasteiger partial charge in [0.25, 0.3) is 0 Å². The van der Waals surface area contributed by atoms with Crippen LogP contribution in [0.1, 0.15) is 29.6 Å². The molecule has 1 aliphatic rings. The maximum Gasteiger partial charge on any atom is 0.0951 e. The lowest BCUT2D eigenvalue weighted by atomic mass is 10.3. The monoisotopic (exact) mass is 284 g/mol. The van der Waals surface area contributed by atoms with Gasteiger partial charge in [0.05, 0.1) is 33.8 Å². The molecule has 4 nitrogen and oxygen atoms in total. The molecule has 1 saturated carbocycles. The molecule has 3 aromatic rings. The highest BCUT2D eigenvalue weighted by atomic mass is 32.1. The van der Waals surface area contributed by atoms with Gasteiger partial charge in [0.2, 0.25) is 0 Å². The summed E-state index contributed by atoms with van der Waals surface area (Å²) in [6.07, 6.45) is 6.48. The van der Waals surface area contributed by atoms with E-state index in [0.29, 0.717) is 6.04 Å². The molecular weight excluding hydrogens is 268 g/mol. The molecule has 4 rings (SSSR count). The van der Waals surface area contributed by atoms with Gasteiger partial charge in [-0.05, 0) is 38.0 Å². The van der Waals surface area contributed by atoms with E-state index in [1.54, 1.807) is 11.3 Å². The predicted molar refractivity (Wildman–Crippen MR) is 82.2 cm³/mol. The number of aromatic nitrogens is 3. The van der Waals surface area contributed by atoms with Gasteiger partial charge in [0.1, 0.15) is 0 Å². The minimum Gasteiger partial charge on any atom is -0.379 e. The van der Waals surface area contributed by atoms with E-state index in [9.17, 15) is 0 Å².